The number of rotatable bonds is 5. The first kappa shape index (κ1) is 18.6. The number of carbonyl (C=O) groups excluding carboxylic acids is 1. The molecule has 26 heavy (non-hydrogen) atoms. The number of hydrogen-bond acceptors (Lipinski definition) is 5. The number of hydrogen-bond donors (Lipinski definition) is 1. The predicted octanol–water partition coefficient (Wildman–Crippen LogP) is 1.65. The van der Waals surface area contributed by atoms with Gasteiger partial charge in [-0.05, 0) is 31.2 Å². The Morgan fingerprint density at radius 2 is 1.96 bits per heavy atom. The highest BCUT2D eigenvalue weighted by Gasteiger charge is 2.26. The lowest BCUT2D eigenvalue weighted by atomic mass is 10.1. The highest BCUT2D eigenvalue weighted by atomic mass is 32.2. The number of furan rings is 1. The molecule has 0 bridgehead atoms. The van der Waals surface area contributed by atoms with E-state index in [1.807, 2.05) is 31.2 Å². The van der Waals surface area contributed by atoms with Gasteiger partial charge in [0.05, 0.1) is 19.0 Å². The molecular weight excluding hydrogens is 356 g/mol. The molecule has 1 aliphatic rings. The quantitative estimate of drug-likeness (QED) is 0.855. The fraction of sp³-hybridized carbons (Fsp3) is 0.389. The summed E-state index contributed by atoms with van der Waals surface area (Å²) >= 11 is 0. The zero-order valence-electron chi connectivity index (χ0n) is 14.8. The number of benzene rings is 1. The van der Waals surface area contributed by atoms with Gasteiger partial charge in [-0.15, -0.1) is 0 Å². The second kappa shape index (κ2) is 7.61. The lowest BCUT2D eigenvalue weighted by Gasteiger charge is -2.31. The number of morpholine rings is 1. The van der Waals surface area contributed by atoms with Crippen LogP contribution in [0.5, 0.6) is 0 Å². The Labute approximate surface area is 153 Å². The van der Waals surface area contributed by atoms with Gasteiger partial charge in [0.1, 0.15) is 11.5 Å². The van der Waals surface area contributed by atoms with E-state index in [-0.39, 0.29) is 25.1 Å². The van der Waals surface area contributed by atoms with Crippen molar-refractivity contribution in [2.24, 2.45) is 0 Å². The number of sulfonamides is 1. The summed E-state index contributed by atoms with van der Waals surface area (Å²) in [6, 6.07) is 10.9. The summed E-state index contributed by atoms with van der Waals surface area (Å²) in [4.78, 5) is 12.3. The van der Waals surface area contributed by atoms with Crippen molar-refractivity contribution < 1.29 is 22.4 Å². The van der Waals surface area contributed by atoms with E-state index in [9.17, 15) is 13.2 Å². The minimum absolute atomic E-state index is 0.229. The molecule has 0 saturated carbocycles. The van der Waals surface area contributed by atoms with Crippen LogP contribution in [0.4, 0.5) is 0 Å². The Hall–Kier alpha value is -2.16. The Kier molecular flexibility index (Phi) is 5.45. The molecule has 1 aliphatic heterocycles. The highest BCUT2D eigenvalue weighted by molar-refractivity contribution is 7.88. The maximum Gasteiger partial charge on any atom is 0.251 e. The fourth-order valence-electron chi connectivity index (χ4n) is 2.80. The van der Waals surface area contributed by atoms with E-state index in [1.165, 1.54) is 10.6 Å². The van der Waals surface area contributed by atoms with Crippen LogP contribution in [0.15, 0.2) is 40.8 Å². The van der Waals surface area contributed by atoms with Crippen molar-refractivity contribution in [2.75, 3.05) is 32.5 Å². The Morgan fingerprint density at radius 1 is 1.23 bits per heavy atom. The van der Waals surface area contributed by atoms with Crippen LogP contribution in [-0.4, -0.2) is 57.2 Å². The van der Waals surface area contributed by atoms with Gasteiger partial charge in [-0.3, -0.25) is 4.79 Å². The van der Waals surface area contributed by atoms with Gasteiger partial charge in [0.25, 0.3) is 5.91 Å². The normalized spacial score (nSPS) is 18.6. The van der Waals surface area contributed by atoms with E-state index in [1.54, 1.807) is 12.1 Å². The minimum Gasteiger partial charge on any atom is -0.461 e. The van der Waals surface area contributed by atoms with Gasteiger partial charge in [0.2, 0.25) is 10.0 Å². The summed E-state index contributed by atoms with van der Waals surface area (Å²) < 4.78 is 35.7. The predicted molar refractivity (Wildman–Crippen MR) is 97.4 cm³/mol. The average Bonchev–Trinajstić information content (AvgIpc) is 3.06. The molecule has 1 aromatic carbocycles. The van der Waals surface area contributed by atoms with E-state index in [4.69, 9.17) is 9.15 Å². The van der Waals surface area contributed by atoms with Crippen LogP contribution in [0.1, 0.15) is 16.1 Å². The van der Waals surface area contributed by atoms with Crippen LogP contribution >= 0.6 is 0 Å². The minimum atomic E-state index is -3.25. The van der Waals surface area contributed by atoms with Gasteiger partial charge < -0.3 is 14.5 Å². The van der Waals surface area contributed by atoms with Crippen LogP contribution in [0, 0.1) is 6.92 Å². The largest absolute Gasteiger partial charge is 0.461 e. The molecule has 1 saturated heterocycles. The standard InChI is InChI=1S/C18H22N2O5S/c1-13-3-8-17(25-13)14-4-6-15(7-5-14)18(21)19-11-16-12-20(9-10-24-16)26(2,22)23/h3-8,16H,9-12H2,1-2H3,(H,19,21)/t16-/m1/s1. The van der Waals surface area contributed by atoms with E-state index in [2.05, 4.69) is 5.32 Å². The monoisotopic (exact) mass is 378 g/mol. The van der Waals surface area contributed by atoms with Gasteiger partial charge in [0, 0.05) is 30.8 Å². The molecule has 140 valence electrons. The van der Waals surface area contributed by atoms with Crippen molar-refractivity contribution >= 4 is 15.9 Å². The number of ether oxygens (including phenoxy) is 1. The molecule has 2 heterocycles. The van der Waals surface area contributed by atoms with Crippen molar-refractivity contribution in [1.82, 2.24) is 9.62 Å². The molecule has 1 amide bonds. The lowest BCUT2D eigenvalue weighted by molar-refractivity contribution is 0.000438. The molecule has 2 aromatic rings. The summed E-state index contributed by atoms with van der Waals surface area (Å²) in [6.07, 6.45) is 0.823. The lowest BCUT2D eigenvalue weighted by Crippen LogP contribution is -2.49. The molecule has 3 rings (SSSR count). The zero-order valence-corrected chi connectivity index (χ0v) is 15.6. The van der Waals surface area contributed by atoms with Crippen molar-refractivity contribution in [3.63, 3.8) is 0 Å². The smallest absolute Gasteiger partial charge is 0.251 e. The first-order chi connectivity index (χ1) is 12.3. The summed E-state index contributed by atoms with van der Waals surface area (Å²) in [7, 11) is -3.25. The second-order valence-electron chi connectivity index (χ2n) is 6.31. The van der Waals surface area contributed by atoms with Crippen molar-refractivity contribution in [2.45, 2.75) is 13.0 Å². The second-order valence-corrected chi connectivity index (χ2v) is 8.29. The molecule has 1 aromatic heterocycles. The fourth-order valence-corrected chi connectivity index (χ4v) is 3.64. The summed E-state index contributed by atoms with van der Waals surface area (Å²) in [6.45, 7) is 3.05. The third-order valence-electron chi connectivity index (χ3n) is 4.23. The third-order valence-corrected chi connectivity index (χ3v) is 5.50. The molecule has 1 atom stereocenters. The van der Waals surface area contributed by atoms with Crippen LogP contribution in [0.2, 0.25) is 0 Å². The molecule has 7 nitrogen and oxygen atoms in total. The summed E-state index contributed by atoms with van der Waals surface area (Å²) in [5, 5.41) is 2.80. The Bertz CT molecular complexity index is 873. The number of nitrogens with zero attached hydrogens (tertiary/aromatic N) is 1. The molecule has 0 radical (unpaired) electrons. The maximum atomic E-state index is 12.3. The zero-order chi connectivity index (χ0) is 18.7. The van der Waals surface area contributed by atoms with Gasteiger partial charge in [-0.2, -0.15) is 4.31 Å². The first-order valence-corrected chi connectivity index (χ1v) is 10.2. The first-order valence-electron chi connectivity index (χ1n) is 8.35. The van der Waals surface area contributed by atoms with E-state index < -0.39 is 10.0 Å². The molecular formula is C18H22N2O5S. The average molecular weight is 378 g/mol. The van der Waals surface area contributed by atoms with Crippen LogP contribution in [-0.2, 0) is 14.8 Å². The summed E-state index contributed by atoms with van der Waals surface area (Å²) in [5.41, 5.74) is 1.42. The third kappa shape index (κ3) is 4.51. The van der Waals surface area contributed by atoms with E-state index in [0.29, 0.717) is 18.7 Å². The van der Waals surface area contributed by atoms with Crippen LogP contribution < -0.4 is 5.32 Å². The number of carbonyl (C=O) groups is 1. The van der Waals surface area contributed by atoms with Gasteiger partial charge in [-0.25, -0.2) is 8.42 Å². The molecule has 0 unspecified atom stereocenters. The Morgan fingerprint density at radius 3 is 2.58 bits per heavy atom. The highest BCUT2D eigenvalue weighted by Crippen LogP contribution is 2.22. The van der Waals surface area contributed by atoms with Crippen LogP contribution in [0.3, 0.4) is 0 Å². The van der Waals surface area contributed by atoms with E-state index >= 15 is 0 Å². The summed E-state index contributed by atoms with van der Waals surface area (Å²) in [5.74, 6) is 1.36. The van der Waals surface area contributed by atoms with Gasteiger partial charge in [0.15, 0.2) is 0 Å². The van der Waals surface area contributed by atoms with Crippen LogP contribution in [0.25, 0.3) is 11.3 Å². The Balaban J connectivity index is 1.56. The number of nitrogens with one attached hydrogen (secondary N) is 1. The van der Waals surface area contributed by atoms with E-state index in [0.717, 1.165) is 17.1 Å². The van der Waals surface area contributed by atoms with Crippen molar-refractivity contribution in [1.29, 1.82) is 0 Å². The molecule has 0 spiro atoms. The molecule has 1 N–H and O–H groups in total. The number of aryl methyl sites for hydroxylation is 1. The molecule has 0 aliphatic carbocycles. The maximum absolute atomic E-state index is 12.3. The van der Waals surface area contributed by atoms with Gasteiger partial charge >= 0.3 is 0 Å². The topological polar surface area (TPSA) is 88.9 Å². The number of amides is 1. The van der Waals surface area contributed by atoms with Crippen molar-refractivity contribution in [3.05, 3.63) is 47.7 Å². The molecule has 8 heteroatoms. The molecule has 1 fully saturated rings. The van der Waals surface area contributed by atoms with Gasteiger partial charge in [-0.1, -0.05) is 12.1 Å². The van der Waals surface area contributed by atoms with Crippen molar-refractivity contribution in [3.8, 4) is 11.3 Å². The SMILES string of the molecule is Cc1ccc(-c2ccc(C(=O)NC[C@@H]3CN(S(C)(=O)=O)CCO3)cc2)o1.